The van der Waals surface area contributed by atoms with Gasteiger partial charge in [0.25, 0.3) is 0 Å². The lowest BCUT2D eigenvalue weighted by molar-refractivity contribution is 0.100. The van der Waals surface area contributed by atoms with Gasteiger partial charge in [0, 0.05) is 18.0 Å². The SMILES string of the molecule is COc1nn(C)c2c1CC1C3CCc4cc(O)ccc4C3CCC21C. The average molecular weight is 338 g/mol. The van der Waals surface area contributed by atoms with E-state index in [1.54, 1.807) is 7.11 Å². The van der Waals surface area contributed by atoms with Gasteiger partial charge in [-0.1, -0.05) is 13.0 Å². The van der Waals surface area contributed by atoms with Crippen molar-refractivity contribution >= 4 is 0 Å². The van der Waals surface area contributed by atoms with E-state index in [1.165, 1.54) is 41.6 Å². The molecule has 0 aliphatic heterocycles. The van der Waals surface area contributed by atoms with Crippen molar-refractivity contribution in [3.8, 4) is 11.6 Å². The van der Waals surface area contributed by atoms with Gasteiger partial charge >= 0.3 is 0 Å². The van der Waals surface area contributed by atoms with Crippen molar-refractivity contribution in [2.75, 3.05) is 7.11 Å². The number of rotatable bonds is 1. The molecule has 0 spiro atoms. The van der Waals surface area contributed by atoms with Gasteiger partial charge in [0.05, 0.1) is 12.8 Å². The van der Waals surface area contributed by atoms with Crippen LogP contribution in [0.1, 0.15) is 54.5 Å². The molecule has 0 saturated heterocycles. The standard InChI is InChI=1S/C21H26N2O2/c1-21-9-8-15-14-7-5-13(24)10-12(14)4-6-16(15)18(21)11-17-19(21)23(2)22-20(17)25-3/h5,7,10,15-16,18,24H,4,6,8-9,11H2,1-3H3. The normalized spacial score (nSPS) is 32.5. The molecule has 1 aromatic heterocycles. The Morgan fingerprint density at radius 1 is 1.32 bits per heavy atom. The van der Waals surface area contributed by atoms with E-state index < -0.39 is 0 Å². The van der Waals surface area contributed by atoms with Gasteiger partial charge < -0.3 is 9.84 Å². The minimum Gasteiger partial charge on any atom is -0.508 e. The van der Waals surface area contributed by atoms with Crippen molar-refractivity contribution in [3.63, 3.8) is 0 Å². The second-order valence-corrected chi connectivity index (χ2v) is 8.42. The first-order chi connectivity index (χ1) is 12.0. The Morgan fingerprint density at radius 3 is 2.96 bits per heavy atom. The lowest BCUT2D eigenvalue weighted by atomic mass is 9.55. The van der Waals surface area contributed by atoms with Crippen molar-refractivity contribution in [1.29, 1.82) is 0 Å². The third kappa shape index (κ3) is 1.91. The van der Waals surface area contributed by atoms with E-state index in [9.17, 15) is 5.11 Å². The van der Waals surface area contributed by atoms with Crippen LogP contribution >= 0.6 is 0 Å². The molecule has 4 unspecified atom stereocenters. The Balaban J connectivity index is 1.57. The molecule has 0 amide bonds. The highest BCUT2D eigenvalue weighted by Crippen LogP contribution is 2.61. The van der Waals surface area contributed by atoms with E-state index >= 15 is 0 Å². The first kappa shape index (κ1) is 15.3. The minimum atomic E-state index is 0.212. The molecule has 0 radical (unpaired) electrons. The molecule has 1 fully saturated rings. The van der Waals surface area contributed by atoms with Gasteiger partial charge in [0.15, 0.2) is 0 Å². The molecule has 1 aromatic carbocycles. The van der Waals surface area contributed by atoms with E-state index in [-0.39, 0.29) is 5.41 Å². The third-order valence-electron chi connectivity index (χ3n) is 7.37. The summed E-state index contributed by atoms with van der Waals surface area (Å²) < 4.78 is 7.65. The van der Waals surface area contributed by atoms with E-state index in [0.29, 0.717) is 23.5 Å². The molecule has 1 N–H and O–H groups in total. The van der Waals surface area contributed by atoms with Crippen LogP contribution in [0.15, 0.2) is 18.2 Å². The maximum atomic E-state index is 9.83. The summed E-state index contributed by atoms with van der Waals surface area (Å²) in [5.74, 6) is 3.25. The fourth-order valence-electron chi connectivity index (χ4n) is 6.38. The van der Waals surface area contributed by atoms with E-state index in [0.717, 1.165) is 18.7 Å². The van der Waals surface area contributed by atoms with Crippen LogP contribution < -0.4 is 4.74 Å². The summed E-state index contributed by atoms with van der Waals surface area (Å²) in [7, 11) is 3.80. The maximum Gasteiger partial charge on any atom is 0.236 e. The molecule has 4 nitrogen and oxygen atoms in total. The van der Waals surface area contributed by atoms with Gasteiger partial charge in [-0.3, -0.25) is 4.68 Å². The van der Waals surface area contributed by atoms with Crippen LogP contribution in [0.4, 0.5) is 0 Å². The second kappa shape index (κ2) is 5.03. The molecule has 0 bridgehead atoms. The molecule has 1 saturated carbocycles. The van der Waals surface area contributed by atoms with Gasteiger partial charge in [-0.05, 0) is 73.1 Å². The van der Waals surface area contributed by atoms with E-state index in [2.05, 4.69) is 29.8 Å². The van der Waals surface area contributed by atoms with Crippen LogP contribution in [0.3, 0.4) is 0 Å². The quantitative estimate of drug-likeness (QED) is 0.862. The van der Waals surface area contributed by atoms with Crippen molar-refractivity contribution in [1.82, 2.24) is 9.78 Å². The molecule has 3 aliphatic carbocycles. The molecule has 5 rings (SSSR count). The number of nitrogens with zero attached hydrogens (tertiary/aromatic N) is 2. The fourth-order valence-corrected chi connectivity index (χ4v) is 6.38. The first-order valence-electron chi connectivity index (χ1n) is 9.45. The summed E-state index contributed by atoms with van der Waals surface area (Å²) in [5.41, 5.74) is 5.81. The van der Waals surface area contributed by atoms with Crippen LogP contribution in [0, 0.1) is 11.8 Å². The lowest BCUT2D eigenvalue weighted by Crippen LogP contribution is -2.44. The molecule has 4 atom stereocenters. The summed E-state index contributed by atoms with van der Waals surface area (Å²) in [4.78, 5) is 0. The Kier molecular flexibility index (Phi) is 3.08. The van der Waals surface area contributed by atoms with Crippen LogP contribution in [0.25, 0.3) is 0 Å². The lowest BCUT2D eigenvalue weighted by Gasteiger charge is -2.49. The van der Waals surface area contributed by atoms with E-state index in [4.69, 9.17) is 4.74 Å². The van der Waals surface area contributed by atoms with E-state index in [1.807, 2.05) is 12.1 Å². The molecule has 2 aromatic rings. The third-order valence-corrected chi connectivity index (χ3v) is 7.37. The zero-order valence-corrected chi connectivity index (χ0v) is 15.2. The zero-order chi connectivity index (χ0) is 17.3. The summed E-state index contributed by atoms with van der Waals surface area (Å²) in [6.45, 7) is 2.45. The molecular weight excluding hydrogens is 312 g/mol. The highest BCUT2D eigenvalue weighted by molar-refractivity contribution is 5.46. The fraction of sp³-hybridized carbons (Fsp3) is 0.571. The van der Waals surface area contributed by atoms with Gasteiger partial charge in [0.2, 0.25) is 5.88 Å². The number of aromatic hydroxyl groups is 1. The second-order valence-electron chi connectivity index (χ2n) is 8.42. The molecule has 3 aliphatic rings. The number of hydrogen-bond acceptors (Lipinski definition) is 3. The number of phenolic OH excluding ortho intramolecular Hbond substituents is 1. The van der Waals surface area contributed by atoms with Crippen LogP contribution in [-0.4, -0.2) is 22.0 Å². The van der Waals surface area contributed by atoms with Gasteiger partial charge in [0.1, 0.15) is 5.75 Å². The van der Waals surface area contributed by atoms with Gasteiger partial charge in [-0.25, -0.2) is 0 Å². The number of hydrogen-bond donors (Lipinski definition) is 1. The number of fused-ring (bicyclic) bond motifs is 7. The highest BCUT2D eigenvalue weighted by Gasteiger charge is 2.55. The average Bonchev–Trinajstić information content (AvgIpc) is 3.09. The molecular formula is C21H26N2O2. The molecule has 1 heterocycles. The Bertz CT molecular complexity index is 856. The smallest absolute Gasteiger partial charge is 0.236 e. The number of benzene rings is 1. The highest BCUT2D eigenvalue weighted by atomic mass is 16.5. The zero-order valence-electron chi connectivity index (χ0n) is 15.2. The predicted octanol–water partition coefficient (Wildman–Crippen LogP) is 3.70. The van der Waals surface area contributed by atoms with Crippen LogP contribution in [-0.2, 0) is 25.3 Å². The van der Waals surface area contributed by atoms with Crippen molar-refractivity contribution in [2.24, 2.45) is 18.9 Å². The van der Waals surface area contributed by atoms with Crippen LogP contribution in [0.5, 0.6) is 11.6 Å². The summed E-state index contributed by atoms with van der Waals surface area (Å²) in [5, 5.41) is 14.4. The number of methoxy groups -OCH3 is 1. The first-order valence-corrected chi connectivity index (χ1v) is 9.45. The number of aryl methyl sites for hydroxylation is 2. The van der Waals surface area contributed by atoms with Crippen molar-refractivity contribution in [3.05, 3.63) is 40.6 Å². The largest absolute Gasteiger partial charge is 0.508 e. The predicted molar refractivity (Wildman–Crippen MR) is 96.2 cm³/mol. The Hall–Kier alpha value is -1.97. The van der Waals surface area contributed by atoms with Crippen molar-refractivity contribution < 1.29 is 9.84 Å². The summed E-state index contributed by atoms with van der Waals surface area (Å²) >= 11 is 0. The Labute approximate surface area is 148 Å². The number of aromatic nitrogens is 2. The molecule has 25 heavy (non-hydrogen) atoms. The number of ether oxygens (including phenoxy) is 1. The van der Waals surface area contributed by atoms with Gasteiger partial charge in [-0.15, -0.1) is 5.10 Å². The van der Waals surface area contributed by atoms with Crippen LogP contribution in [0.2, 0.25) is 0 Å². The summed E-state index contributed by atoms with van der Waals surface area (Å²) in [6.07, 6.45) is 5.84. The molecule has 132 valence electrons. The monoisotopic (exact) mass is 338 g/mol. The maximum absolute atomic E-state index is 9.83. The topological polar surface area (TPSA) is 47.3 Å². The number of phenols is 1. The van der Waals surface area contributed by atoms with Crippen molar-refractivity contribution in [2.45, 2.75) is 50.4 Å². The summed E-state index contributed by atoms with van der Waals surface area (Å²) in [6, 6.07) is 6.02. The Morgan fingerprint density at radius 2 is 2.16 bits per heavy atom. The molecule has 4 heteroatoms. The minimum absolute atomic E-state index is 0.212. The van der Waals surface area contributed by atoms with Gasteiger partial charge in [-0.2, -0.15) is 0 Å².